The summed E-state index contributed by atoms with van der Waals surface area (Å²) in [6.07, 6.45) is 0. The van der Waals surface area contributed by atoms with Crippen molar-refractivity contribution in [1.29, 1.82) is 0 Å². The molecule has 1 heterocycles. The molecule has 0 unspecified atom stereocenters. The van der Waals surface area contributed by atoms with E-state index in [2.05, 4.69) is 26.1 Å². The molecule has 0 fully saturated rings. The van der Waals surface area contributed by atoms with Crippen LogP contribution in [-0.2, 0) is 5.41 Å². The standard InChI is InChI=1S/C26H23NO3S/c1-26(2,3)20-12-10-17(11-13-20)23(28)27-24-22(25(29)30)21(15-31-24)19-9-8-16-6-4-5-7-18(16)14-19/h4-15H,1-3H3,(H,27,28)(H,29,30). The maximum atomic E-state index is 12.8. The monoisotopic (exact) mass is 429 g/mol. The summed E-state index contributed by atoms with van der Waals surface area (Å²) in [4.78, 5) is 24.8. The van der Waals surface area contributed by atoms with Gasteiger partial charge in [0.2, 0.25) is 0 Å². The number of hydrogen-bond donors (Lipinski definition) is 2. The number of hydrogen-bond acceptors (Lipinski definition) is 3. The number of nitrogens with one attached hydrogen (secondary N) is 1. The molecule has 4 aromatic rings. The third kappa shape index (κ3) is 4.23. The second-order valence-corrected chi connectivity index (χ2v) is 9.38. The van der Waals surface area contributed by atoms with Gasteiger partial charge in [0.1, 0.15) is 10.6 Å². The highest BCUT2D eigenvalue weighted by atomic mass is 32.1. The minimum Gasteiger partial charge on any atom is -0.478 e. The number of anilines is 1. The normalized spacial score (nSPS) is 11.5. The Kier molecular flexibility index (Phi) is 5.38. The van der Waals surface area contributed by atoms with Crippen molar-refractivity contribution in [2.75, 3.05) is 5.32 Å². The molecule has 1 aromatic heterocycles. The summed E-state index contributed by atoms with van der Waals surface area (Å²) in [6, 6.07) is 21.2. The van der Waals surface area contributed by atoms with Gasteiger partial charge in [0, 0.05) is 16.5 Å². The first-order chi connectivity index (χ1) is 14.7. The molecule has 0 aliphatic heterocycles. The number of carboxylic acids is 1. The fourth-order valence-electron chi connectivity index (χ4n) is 3.53. The van der Waals surface area contributed by atoms with Crippen LogP contribution in [0.2, 0.25) is 0 Å². The third-order valence-electron chi connectivity index (χ3n) is 5.31. The van der Waals surface area contributed by atoms with Crippen LogP contribution in [0.25, 0.3) is 21.9 Å². The van der Waals surface area contributed by atoms with Crippen molar-refractivity contribution in [3.8, 4) is 11.1 Å². The van der Waals surface area contributed by atoms with Gasteiger partial charge in [-0.2, -0.15) is 0 Å². The second-order valence-electron chi connectivity index (χ2n) is 8.50. The number of carbonyl (C=O) groups excluding carboxylic acids is 1. The van der Waals surface area contributed by atoms with Crippen LogP contribution < -0.4 is 5.32 Å². The summed E-state index contributed by atoms with van der Waals surface area (Å²) >= 11 is 1.22. The van der Waals surface area contributed by atoms with Crippen LogP contribution in [0.1, 0.15) is 47.1 Å². The van der Waals surface area contributed by atoms with Gasteiger partial charge in [-0.05, 0) is 45.5 Å². The Labute approximate surface area is 185 Å². The average molecular weight is 430 g/mol. The molecule has 0 atom stereocenters. The van der Waals surface area contributed by atoms with Crippen LogP contribution in [0, 0.1) is 0 Å². The third-order valence-corrected chi connectivity index (χ3v) is 6.20. The van der Waals surface area contributed by atoms with Crippen molar-refractivity contribution in [3.05, 3.63) is 88.8 Å². The van der Waals surface area contributed by atoms with Crippen LogP contribution in [0.5, 0.6) is 0 Å². The Hall–Kier alpha value is -3.44. The molecule has 5 heteroatoms. The lowest BCUT2D eigenvalue weighted by atomic mass is 9.87. The van der Waals surface area contributed by atoms with Crippen molar-refractivity contribution in [2.24, 2.45) is 0 Å². The second kappa shape index (κ2) is 8.00. The maximum Gasteiger partial charge on any atom is 0.339 e. The van der Waals surface area contributed by atoms with E-state index < -0.39 is 5.97 Å². The van der Waals surface area contributed by atoms with E-state index in [1.54, 1.807) is 17.5 Å². The highest BCUT2D eigenvalue weighted by Crippen LogP contribution is 2.37. The zero-order valence-corrected chi connectivity index (χ0v) is 18.4. The van der Waals surface area contributed by atoms with E-state index in [0.717, 1.165) is 21.9 Å². The smallest absolute Gasteiger partial charge is 0.339 e. The lowest BCUT2D eigenvalue weighted by Gasteiger charge is -2.19. The summed E-state index contributed by atoms with van der Waals surface area (Å²) in [6.45, 7) is 6.34. The number of carbonyl (C=O) groups is 2. The maximum absolute atomic E-state index is 12.8. The predicted molar refractivity (Wildman–Crippen MR) is 127 cm³/mol. The average Bonchev–Trinajstić information content (AvgIpc) is 3.16. The van der Waals surface area contributed by atoms with E-state index in [9.17, 15) is 14.7 Å². The van der Waals surface area contributed by atoms with Gasteiger partial charge in [-0.25, -0.2) is 4.79 Å². The Bertz CT molecular complexity index is 1280. The summed E-state index contributed by atoms with van der Waals surface area (Å²) < 4.78 is 0. The van der Waals surface area contributed by atoms with E-state index in [4.69, 9.17) is 0 Å². The Morgan fingerprint density at radius 3 is 2.23 bits per heavy atom. The summed E-state index contributed by atoms with van der Waals surface area (Å²) in [5.41, 5.74) is 3.13. The number of carboxylic acid groups (broad SMARTS) is 1. The molecular formula is C26H23NO3S. The molecule has 4 rings (SSSR count). The van der Waals surface area contributed by atoms with Crippen LogP contribution in [-0.4, -0.2) is 17.0 Å². The SMILES string of the molecule is CC(C)(C)c1ccc(C(=O)Nc2scc(-c3ccc4ccccc4c3)c2C(=O)O)cc1. The molecule has 3 aromatic carbocycles. The van der Waals surface area contributed by atoms with Crippen molar-refractivity contribution in [3.63, 3.8) is 0 Å². The van der Waals surface area contributed by atoms with Gasteiger partial charge in [0.05, 0.1) is 0 Å². The molecule has 1 amide bonds. The summed E-state index contributed by atoms with van der Waals surface area (Å²) in [7, 11) is 0. The molecule has 0 bridgehead atoms. The van der Waals surface area contributed by atoms with E-state index in [1.165, 1.54) is 11.3 Å². The number of amides is 1. The van der Waals surface area contributed by atoms with Gasteiger partial charge in [-0.15, -0.1) is 11.3 Å². The van der Waals surface area contributed by atoms with Gasteiger partial charge in [0.25, 0.3) is 5.91 Å². The minimum atomic E-state index is -1.07. The largest absolute Gasteiger partial charge is 0.478 e. The van der Waals surface area contributed by atoms with Crippen LogP contribution in [0.15, 0.2) is 72.1 Å². The Morgan fingerprint density at radius 2 is 1.58 bits per heavy atom. The van der Waals surface area contributed by atoms with Crippen molar-refractivity contribution in [1.82, 2.24) is 0 Å². The Morgan fingerprint density at radius 1 is 0.903 bits per heavy atom. The molecule has 0 radical (unpaired) electrons. The molecule has 0 saturated carbocycles. The number of thiophene rings is 1. The van der Waals surface area contributed by atoms with Crippen molar-refractivity contribution < 1.29 is 14.7 Å². The number of aromatic carboxylic acids is 1. The topological polar surface area (TPSA) is 66.4 Å². The first kappa shape index (κ1) is 20.8. The lowest BCUT2D eigenvalue weighted by molar-refractivity contribution is 0.0699. The fourth-order valence-corrected chi connectivity index (χ4v) is 4.48. The van der Waals surface area contributed by atoms with Gasteiger partial charge in [0.15, 0.2) is 0 Å². The van der Waals surface area contributed by atoms with E-state index in [0.29, 0.717) is 16.1 Å². The highest BCUT2D eigenvalue weighted by Gasteiger charge is 2.22. The Balaban J connectivity index is 1.65. The zero-order chi connectivity index (χ0) is 22.2. The molecule has 0 saturated heterocycles. The molecule has 2 N–H and O–H groups in total. The molecule has 4 nitrogen and oxygen atoms in total. The van der Waals surface area contributed by atoms with Crippen LogP contribution in [0.3, 0.4) is 0 Å². The van der Waals surface area contributed by atoms with Gasteiger partial charge in [-0.3, -0.25) is 4.79 Å². The number of fused-ring (bicyclic) bond motifs is 1. The first-order valence-corrected chi connectivity index (χ1v) is 10.9. The van der Waals surface area contributed by atoms with Crippen LogP contribution >= 0.6 is 11.3 Å². The van der Waals surface area contributed by atoms with Gasteiger partial charge < -0.3 is 10.4 Å². The zero-order valence-electron chi connectivity index (χ0n) is 17.6. The molecule has 0 aliphatic carbocycles. The molecule has 31 heavy (non-hydrogen) atoms. The minimum absolute atomic E-state index is 0.00596. The number of rotatable bonds is 4. The summed E-state index contributed by atoms with van der Waals surface area (Å²) in [5.74, 6) is -1.39. The molecular weight excluding hydrogens is 406 g/mol. The van der Waals surface area contributed by atoms with Crippen LogP contribution in [0.4, 0.5) is 5.00 Å². The summed E-state index contributed by atoms with van der Waals surface area (Å²) in [5, 5.41) is 16.9. The van der Waals surface area contributed by atoms with Crippen molar-refractivity contribution >= 4 is 39.0 Å². The fraction of sp³-hybridized carbons (Fsp3) is 0.154. The van der Waals surface area contributed by atoms with Gasteiger partial charge in [-0.1, -0.05) is 69.3 Å². The lowest BCUT2D eigenvalue weighted by Crippen LogP contribution is -2.15. The predicted octanol–water partition coefficient (Wildman–Crippen LogP) is 6.82. The van der Waals surface area contributed by atoms with Gasteiger partial charge >= 0.3 is 5.97 Å². The van der Waals surface area contributed by atoms with E-state index in [1.807, 2.05) is 54.6 Å². The highest BCUT2D eigenvalue weighted by molar-refractivity contribution is 7.15. The van der Waals surface area contributed by atoms with Crippen molar-refractivity contribution in [2.45, 2.75) is 26.2 Å². The quantitative estimate of drug-likeness (QED) is 0.374. The number of benzene rings is 3. The molecule has 156 valence electrons. The van der Waals surface area contributed by atoms with E-state index >= 15 is 0 Å². The van der Waals surface area contributed by atoms with E-state index in [-0.39, 0.29) is 16.9 Å². The first-order valence-electron chi connectivity index (χ1n) is 10.00. The molecule has 0 aliphatic rings. The molecule has 0 spiro atoms.